The highest BCUT2D eigenvalue weighted by Crippen LogP contribution is 2.18. The molecular formula is C17H21FN4O2. The maximum absolute atomic E-state index is 12.9. The van der Waals surface area contributed by atoms with Crippen molar-refractivity contribution in [2.75, 3.05) is 0 Å². The summed E-state index contributed by atoms with van der Waals surface area (Å²) in [6.07, 6.45) is 0.813. The van der Waals surface area contributed by atoms with Gasteiger partial charge in [0.2, 0.25) is 5.91 Å². The number of rotatable bonds is 6. The van der Waals surface area contributed by atoms with Crippen molar-refractivity contribution in [3.8, 4) is 11.3 Å². The standard InChI is InChI=1S/C17H21FN4O2/c1-4-10(2)19-16(23)11(3)20-17(24)15-9-14(21-22-15)12-5-7-13(18)8-6-12/h5-11H,4H2,1-3H3,(H,19,23)(H,20,24)(H,21,22)/t10-,11-/m0/s1. The van der Waals surface area contributed by atoms with Crippen molar-refractivity contribution in [3.63, 3.8) is 0 Å². The molecule has 0 unspecified atom stereocenters. The lowest BCUT2D eigenvalue weighted by atomic mass is 10.1. The highest BCUT2D eigenvalue weighted by Gasteiger charge is 2.19. The minimum absolute atomic E-state index is 0.0501. The maximum atomic E-state index is 12.9. The number of aromatic nitrogens is 2. The molecule has 2 rings (SSSR count). The number of nitrogens with zero attached hydrogens (tertiary/aromatic N) is 1. The zero-order chi connectivity index (χ0) is 17.7. The highest BCUT2D eigenvalue weighted by atomic mass is 19.1. The number of aromatic amines is 1. The Labute approximate surface area is 139 Å². The summed E-state index contributed by atoms with van der Waals surface area (Å²) in [4.78, 5) is 24.1. The van der Waals surface area contributed by atoms with Gasteiger partial charge in [0, 0.05) is 11.6 Å². The number of benzene rings is 1. The van der Waals surface area contributed by atoms with E-state index < -0.39 is 11.9 Å². The highest BCUT2D eigenvalue weighted by molar-refractivity contribution is 5.96. The summed E-state index contributed by atoms with van der Waals surface area (Å²) in [5, 5.41) is 12.1. The number of hydrogen-bond acceptors (Lipinski definition) is 3. The summed E-state index contributed by atoms with van der Waals surface area (Å²) in [6.45, 7) is 5.49. The molecule has 0 saturated carbocycles. The van der Waals surface area contributed by atoms with E-state index in [-0.39, 0.29) is 23.5 Å². The summed E-state index contributed by atoms with van der Waals surface area (Å²) in [7, 11) is 0. The van der Waals surface area contributed by atoms with E-state index in [1.807, 2.05) is 13.8 Å². The Morgan fingerprint density at radius 1 is 1.21 bits per heavy atom. The van der Waals surface area contributed by atoms with Crippen LogP contribution in [0.15, 0.2) is 30.3 Å². The van der Waals surface area contributed by atoms with Crippen LogP contribution in [-0.2, 0) is 4.79 Å². The van der Waals surface area contributed by atoms with E-state index in [0.717, 1.165) is 6.42 Å². The van der Waals surface area contributed by atoms with E-state index in [9.17, 15) is 14.0 Å². The van der Waals surface area contributed by atoms with Gasteiger partial charge in [-0.15, -0.1) is 0 Å². The van der Waals surface area contributed by atoms with Gasteiger partial charge in [-0.25, -0.2) is 4.39 Å². The predicted octanol–water partition coefficient (Wildman–Crippen LogP) is 2.25. The quantitative estimate of drug-likeness (QED) is 0.758. The van der Waals surface area contributed by atoms with E-state index in [1.165, 1.54) is 12.1 Å². The number of carbonyl (C=O) groups excluding carboxylic acids is 2. The number of hydrogen-bond donors (Lipinski definition) is 3. The Hall–Kier alpha value is -2.70. The van der Waals surface area contributed by atoms with E-state index >= 15 is 0 Å². The fourth-order valence-corrected chi connectivity index (χ4v) is 2.02. The molecule has 1 aromatic heterocycles. The summed E-state index contributed by atoms with van der Waals surface area (Å²) < 4.78 is 12.9. The summed E-state index contributed by atoms with van der Waals surface area (Å²) in [6, 6.07) is 6.75. The van der Waals surface area contributed by atoms with Gasteiger partial charge in [-0.1, -0.05) is 6.92 Å². The molecule has 128 valence electrons. The fourth-order valence-electron chi connectivity index (χ4n) is 2.02. The molecule has 7 heteroatoms. The molecule has 3 N–H and O–H groups in total. The van der Waals surface area contributed by atoms with Crippen LogP contribution >= 0.6 is 0 Å². The lowest BCUT2D eigenvalue weighted by Gasteiger charge is -2.17. The van der Waals surface area contributed by atoms with Crippen LogP contribution in [-0.4, -0.2) is 34.1 Å². The van der Waals surface area contributed by atoms with E-state index in [0.29, 0.717) is 11.3 Å². The molecular weight excluding hydrogens is 311 g/mol. The number of nitrogens with one attached hydrogen (secondary N) is 3. The van der Waals surface area contributed by atoms with Gasteiger partial charge in [-0.05, 0) is 50.6 Å². The van der Waals surface area contributed by atoms with Crippen LogP contribution in [0.1, 0.15) is 37.7 Å². The lowest BCUT2D eigenvalue weighted by molar-refractivity contribution is -0.123. The zero-order valence-corrected chi connectivity index (χ0v) is 13.9. The Morgan fingerprint density at radius 2 is 1.88 bits per heavy atom. The van der Waals surface area contributed by atoms with Crippen molar-refractivity contribution in [2.24, 2.45) is 0 Å². The number of H-pyrrole nitrogens is 1. The monoisotopic (exact) mass is 332 g/mol. The summed E-state index contributed by atoms with van der Waals surface area (Å²) >= 11 is 0. The molecule has 0 bridgehead atoms. The molecule has 6 nitrogen and oxygen atoms in total. The van der Waals surface area contributed by atoms with Gasteiger partial charge in [-0.3, -0.25) is 14.7 Å². The lowest BCUT2D eigenvalue weighted by Crippen LogP contribution is -2.47. The van der Waals surface area contributed by atoms with Gasteiger partial charge in [0.15, 0.2) is 0 Å². The molecule has 0 spiro atoms. The smallest absolute Gasteiger partial charge is 0.269 e. The first kappa shape index (κ1) is 17.7. The Balaban J connectivity index is 2.00. The van der Waals surface area contributed by atoms with Crippen molar-refractivity contribution in [2.45, 2.75) is 39.3 Å². The fraction of sp³-hybridized carbons (Fsp3) is 0.353. The van der Waals surface area contributed by atoms with Crippen LogP contribution in [0.3, 0.4) is 0 Å². The average molecular weight is 332 g/mol. The normalized spacial score (nSPS) is 13.2. The van der Waals surface area contributed by atoms with E-state index in [1.54, 1.807) is 25.1 Å². The second-order valence-electron chi connectivity index (χ2n) is 5.69. The SMILES string of the molecule is CC[C@H](C)NC(=O)[C@H](C)NC(=O)c1cc(-c2ccc(F)cc2)n[nH]1. The summed E-state index contributed by atoms with van der Waals surface area (Å²) in [5.74, 6) is -1.01. The molecule has 2 atom stereocenters. The van der Waals surface area contributed by atoms with Crippen molar-refractivity contribution >= 4 is 11.8 Å². The number of amides is 2. The Kier molecular flexibility index (Phi) is 5.68. The minimum atomic E-state index is -0.663. The average Bonchev–Trinajstić information content (AvgIpc) is 3.05. The van der Waals surface area contributed by atoms with Crippen molar-refractivity contribution in [3.05, 3.63) is 41.8 Å². The first-order valence-corrected chi connectivity index (χ1v) is 7.83. The Morgan fingerprint density at radius 3 is 2.50 bits per heavy atom. The van der Waals surface area contributed by atoms with E-state index in [4.69, 9.17) is 0 Å². The van der Waals surface area contributed by atoms with Crippen molar-refractivity contribution in [1.29, 1.82) is 0 Å². The zero-order valence-electron chi connectivity index (χ0n) is 13.9. The van der Waals surface area contributed by atoms with Crippen molar-refractivity contribution < 1.29 is 14.0 Å². The van der Waals surface area contributed by atoms with Crippen LogP contribution in [0.5, 0.6) is 0 Å². The van der Waals surface area contributed by atoms with Gasteiger partial charge in [0.05, 0.1) is 5.69 Å². The summed E-state index contributed by atoms with van der Waals surface area (Å²) in [5.41, 5.74) is 1.45. The molecule has 0 radical (unpaired) electrons. The first-order chi connectivity index (χ1) is 11.4. The molecule has 2 aromatic rings. The number of carbonyl (C=O) groups is 2. The molecule has 24 heavy (non-hydrogen) atoms. The third-order valence-corrected chi connectivity index (χ3v) is 3.70. The molecule has 0 saturated heterocycles. The van der Waals surface area contributed by atoms with E-state index in [2.05, 4.69) is 20.8 Å². The molecule has 0 fully saturated rings. The molecule has 0 aliphatic rings. The topological polar surface area (TPSA) is 86.9 Å². The third-order valence-electron chi connectivity index (χ3n) is 3.70. The van der Waals surface area contributed by atoms with Crippen molar-refractivity contribution in [1.82, 2.24) is 20.8 Å². The van der Waals surface area contributed by atoms with Crippen LogP contribution < -0.4 is 10.6 Å². The van der Waals surface area contributed by atoms with Gasteiger partial charge in [-0.2, -0.15) is 5.10 Å². The molecule has 1 heterocycles. The van der Waals surface area contributed by atoms with Gasteiger partial charge >= 0.3 is 0 Å². The molecule has 0 aliphatic heterocycles. The molecule has 1 aromatic carbocycles. The number of halogens is 1. The second-order valence-corrected chi connectivity index (χ2v) is 5.69. The van der Waals surface area contributed by atoms with Crippen LogP contribution in [0.2, 0.25) is 0 Å². The molecule has 0 aliphatic carbocycles. The second kappa shape index (κ2) is 7.72. The Bertz CT molecular complexity index is 712. The van der Waals surface area contributed by atoms with Crippen LogP contribution in [0, 0.1) is 5.82 Å². The van der Waals surface area contributed by atoms with Gasteiger partial charge in [0.25, 0.3) is 5.91 Å². The van der Waals surface area contributed by atoms with Gasteiger partial charge in [0.1, 0.15) is 17.6 Å². The first-order valence-electron chi connectivity index (χ1n) is 7.83. The van der Waals surface area contributed by atoms with Crippen LogP contribution in [0.4, 0.5) is 4.39 Å². The third kappa shape index (κ3) is 4.41. The maximum Gasteiger partial charge on any atom is 0.269 e. The minimum Gasteiger partial charge on any atom is -0.352 e. The molecule has 2 amide bonds. The predicted molar refractivity (Wildman–Crippen MR) is 88.8 cm³/mol. The van der Waals surface area contributed by atoms with Crippen LogP contribution in [0.25, 0.3) is 11.3 Å². The largest absolute Gasteiger partial charge is 0.352 e. The van der Waals surface area contributed by atoms with Gasteiger partial charge < -0.3 is 10.6 Å².